The molecule has 4 heterocycles. The van der Waals surface area contributed by atoms with Crippen LogP contribution in [-0.2, 0) is 9.53 Å². The number of carbonyl (C=O) groups excluding carboxylic acids is 2. The van der Waals surface area contributed by atoms with Gasteiger partial charge in [0.15, 0.2) is 0 Å². The number of rotatable bonds is 5. The van der Waals surface area contributed by atoms with Crippen LogP contribution < -0.4 is 9.64 Å². The number of hydrogen-bond acceptors (Lipinski definition) is 8. The van der Waals surface area contributed by atoms with Gasteiger partial charge in [-0.2, -0.15) is 23.5 Å². The zero-order valence-electron chi connectivity index (χ0n) is 18.8. The van der Waals surface area contributed by atoms with Gasteiger partial charge >= 0.3 is 18.2 Å². The van der Waals surface area contributed by atoms with Crippen LogP contribution in [-0.4, -0.2) is 76.9 Å². The number of nitrogens with zero attached hydrogens (tertiary/aromatic N) is 6. The molecule has 1 saturated heterocycles. The first-order valence-electron chi connectivity index (χ1n) is 10.7. The van der Waals surface area contributed by atoms with Crippen molar-refractivity contribution in [3.63, 3.8) is 0 Å². The van der Waals surface area contributed by atoms with Crippen LogP contribution in [0.2, 0.25) is 0 Å². The summed E-state index contributed by atoms with van der Waals surface area (Å²) >= 11 is 0. The van der Waals surface area contributed by atoms with Crippen molar-refractivity contribution in [2.75, 3.05) is 37.7 Å². The van der Waals surface area contributed by atoms with Gasteiger partial charge in [0.1, 0.15) is 24.2 Å². The number of esters is 1. The zero-order valence-corrected chi connectivity index (χ0v) is 18.8. The monoisotopic (exact) mass is 524 g/mol. The molecule has 10 nitrogen and oxygen atoms in total. The van der Waals surface area contributed by atoms with Crippen LogP contribution in [0.25, 0.3) is 16.6 Å². The molecule has 0 radical (unpaired) electrons. The molecule has 0 unspecified atom stereocenters. The minimum atomic E-state index is -5.27. The second-order valence-corrected chi connectivity index (χ2v) is 7.79. The van der Waals surface area contributed by atoms with Gasteiger partial charge in [-0.1, -0.05) is 0 Å². The molecule has 0 aliphatic carbocycles. The molecule has 0 atom stereocenters. The third-order valence-electron chi connectivity index (χ3n) is 5.42. The fourth-order valence-corrected chi connectivity index (χ4v) is 3.69. The maximum atomic E-state index is 12.6. The number of aromatic nitrogens is 3. The van der Waals surface area contributed by atoms with Gasteiger partial charge in [0.05, 0.1) is 23.5 Å². The van der Waals surface area contributed by atoms with Gasteiger partial charge in [-0.25, -0.2) is 27.9 Å². The summed E-state index contributed by atoms with van der Waals surface area (Å²) in [5.41, 5.74) is 1.70. The molecule has 1 fully saturated rings. The van der Waals surface area contributed by atoms with Crippen LogP contribution in [0.4, 0.5) is 32.6 Å². The topological polar surface area (TPSA) is 113 Å². The zero-order chi connectivity index (χ0) is 26.7. The van der Waals surface area contributed by atoms with E-state index in [9.17, 15) is 36.8 Å². The van der Waals surface area contributed by atoms with Gasteiger partial charge in [-0.3, -0.25) is 0 Å². The molecule has 15 heteroatoms. The Morgan fingerprint density at radius 1 is 1.14 bits per heavy atom. The maximum Gasteiger partial charge on any atom is 0.491 e. The van der Waals surface area contributed by atoms with E-state index in [2.05, 4.69) is 14.8 Å². The summed E-state index contributed by atoms with van der Waals surface area (Å²) in [6.07, 6.45) is -5.11. The Balaban J connectivity index is 1.49. The molecule has 0 N–H and O–H groups in total. The SMILES string of the molecule is N#Cc1cnn2cc(OCC(F)F)cc(-c3ccc(N4CCN(C(=O)OC(=O)C(F)(F)F)CC4)nc3)c12. The van der Waals surface area contributed by atoms with Crippen molar-refractivity contribution in [1.82, 2.24) is 19.5 Å². The number of ether oxygens (including phenoxy) is 2. The van der Waals surface area contributed by atoms with Crippen LogP contribution in [0, 0.1) is 11.3 Å². The second kappa shape index (κ2) is 10.2. The quantitative estimate of drug-likeness (QED) is 0.284. The van der Waals surface area contributed by atoms with Gasteiger partial charge in [0, 0.05) is 43.5 Å². The van der Waals surface area contributed by atoms with Gasteiger partial charge in [-0.05, 0) is 18.2 Å². The van der Waals surface area contributed by atoms with Gasteiger partial charge in [-0.15, -0.1) is 0 Å². The molecule has 0 aromatic carbocycles. The van der Waals surface area contributed by atoms with Crippen LogP contribution >= 0.6 is 0 Å². The lowest BCUT2D eigenvalue weighted by molar-refractivity contribution is -0.193. The van der Waals surface area contributed by atoms with Crippen LogP contribution in [0.3, 0.4) is 0 Å². The Morgan fingerprint density at radius 2 is 1.86 bits per heavy atom. The highest BCUT2D eigenvalue weighted by atomic mass is 19.4. The van der Waals surface area contributed by atoms with E-state index in [0.29, 0.717) is 22.5 Å². The summed E-state index contributed by atoms with van der Waals surface area (Å²) in [6.45, 7) is -0.399. The predicted molar refractivity (Wildman–Crippen MR) is 116 cm³/mol. The van der Waals surface area contributed by atoms with E-state index in [1.165, 1.54) is 29.2 Å². The largest absolute Gasteiger partial charge is 0.491 e. The number of anilines is 1. The molecule has 0 spiro atoms. The Kier molecular flexibility index (Phi) is 7.09. The maximum absolute atomic E-state index is 12.6. The lowest BCUT2D eigenvalue weighted by atomic mass is 10.1. The fraction of sp³-hybridized carbons (Fsp3) is 0.318. The second-order valence-electron chi connectivity index (χ2n) is 7.79. The first-order chi connectivity index (χ1) is 17.6. The molecule has 4 rings (SSSR count). The lowest BCUT2D eigenvalue weighted by Crippen LogP contribution is -2.50. The molecule has 37 heavy (non-hydrogen) atoms. The Labute approximate surface area is 205 Å². The minimum Gasteiger partial charge on any atom is -0.486 e. The van der Waals surface area contributed by atoms with Crippen molar-refractivity contribution >= 4 is 23.4 Å². The first-order valence-corrected chi connectivity index (χ1v) is 10.7. The smallest absolute Gasteiger partial charge is 0.486 e. The van der Waals surface area contributed by atoms with Crippen molar-refractivity contribution in [2.24, 2.45) is 0 Å². The summed E-state index contributed by atoms with van der Waals surface area (Å²) in [7, 11) is 0. The number of halogens is 5. The predicted octanol–water partition coefficient (Wildman–Crippen LogP) is 3.26. The highest BCUT2D eigenvalue weighted by Crippen LogP contribution is 2.31. The highest BCUT2D eigenvalue weighted by molar-refractivity contribution is 5.88. The van der Waals surface area contributed by atoms with Gasteiger partial charge < -0.3 is 19.3 Å². The van der Waals surface area contributed by atoms with E-state index in [-0.39, 0.29) is 37.5 Å². The van der Waals surface area contributed by atoms with Crippen molar-refractivity contribution in [3.05, 3.63) is 42.4 Å². The molecule has 3 aromatic rings. The summed E-state index contributed by atoms with van der Waals surface area (Å²) in [5.74, 6) is -1.96. The standard InChI is InChI=1S/C22H17F5N6O4/c23-17(24)12-36-15-7-16(19-14(8-28)10-30-33(19)11-15)13-1-2-18(29-9-13)31-3-5-32(6-4-31)21(35)37-20(34)22(25,26)27/h1-2,7,9-11,17H,3-6,12H2. The Hall–Kier alpha value is -4.48. The fourth-order valence-electron chi connectivity index (χ4n) is 3.69. The molecule has 0 saturated carbocycles. The Bertz CT molecular complexity index is 1340. The van der Waals surface area contributed by atoms with Crippen LogP contribution in [0.15, 0.2) is 36.8 Å². The molecule has 1 aliphatic rings. The molecule has 0 bridgehead atoms. The third kappa shape index (κ3) is 5.68. The number of piperazine rings is 1. The van der Waals surface area contributed by atoms with E-state index in [1.54, 1.807) is 17.0 Å². The van der Waals surface area contributed by atoms with Crippen molar-refractivity contribution in [1.29, 1.82) is 5.26 Å². The number of alkyl halides is 5. The summed E-state index contributed by atoms with van der Waals surface area (Å²) in [6, 6.07) is 6.87. The number of fused-ring (bicyclic) bond motifs is 1. The summed E-state index contributed by atoms with van der Waals surface area (Å²) in [5, 5.41) is 13.5. The molecule has 194 valence electrons. The minimum absolute atomic E-state index is 0.00109. The van der Waals surface area contributed by atoms with E-state index in [1.807, 2.05) is 6.07 Å². The highest BCUT2D eigenvalue weighted by Gasteiger charge is 2.43. The molecule has 1 amide bonds. The molecular formula is C22H17F5N6O4. The average molecular weight is 524 g/mol. The summed E-state index contributed by atoms with van der Waals surface area (Å²) in [4.78, 5) is 29.8. The average Bonchev–Trinajstić information content (AvgIpc) is 3.29. The number of hydrogen-bond donors (Lipinski definition) is 0. The van der Waals surface area contributed by atoms with Gasteiger partial charge in [0.25, 0.3) is 6.43 Å². The number of carbonyl (C=O) groups is 2. The summed E-state index contributed by atoms with van der Waals surface area (Å²) < 4.78 is 72.5. The Morgan fingerprint density at radius 3 is 2.46 bits per heavy atom. The molecule has 1 aliphatic heterocycles. The van der Waals surface area contributed by atoms with Crippen molar-refractivity contribution < 1.29 is 41.0 Å². The lowest BCUT2D eigenvalue weighted by Gasteiger charge is -2.34. The van der Waals surface area contributed by atoms with E-state index >= 15 is 0 Å². The first kappa shape index (κ1) is 25.6. The van der Waals surface area contributed by atoms with Crippen molar-refractivity contribution in [2.45, 2.75) is 12.6 Å². The van der Waals surface area contributed by atoms with Crippen molar-refractivity contribution in [3.8, 4) is 22.9 Å². The van der Waals surface area contributed by atoms with Crippen LogP contribution in [0.5, 0.6) is 5.75 Å². The van der Waals surface area contributed by atoms with E-state index < -0.39 is 31.3 Å². The molecule has 3 aromatic heterocycles. The number of amides is 1. The van der Waals surface area contributed by atoms with Crippen LogP contribution in [0.1, 0.15) is 5.56 Å². The molecular weight excluding hydrogens is 507 g/mol. The van der Waals surface area contributed by atoms with Gasteiger partial charge in [0.2, 0.25) is 0 Å². The van der Waals surface area contributed by atoms with E-state index in [0.717, 1.165) is 4.90 Å². The van der Waals surface area contributed by atoms with E-state index in [4.69, 9.17) is 4.74 Å². The third-order valence-corrected chi connectivity index (χ3v) is 5.42. The normalized spacial score (nSPS) is 14.1. The number of nitriles is 1. The number of pyridine rings is 2.